The summed E-state index contributed by atoms with van der Waals surface area (Å²) >= 11 is 0. The van der Waals surface area contributed by atoms with Gasteiger partial charge in [-0.25, -0.2) is 9.18 Å². The molecule has 0 aliphatic carbocycles. The average Bonchev–Trinajstić information content (AvgIpc) is 2.46. The van der Waals surface area contributed by atoms with E-state index in [1.807, 2.05) is 6.92 Å². The lowest BCUT2D eigenvalue weighted by Gasteiger charge is -2.09. The lowest BCUT2D eigenvalue weighted by molar-refractivity contribution is -0.131. The van der Waals surface area contributed by atoms with E-state index in [1.165, 1.54) is 12.1 Å². The van der Waals surface area contributed by atoms with E-state index in [4.69, 9.17) is 9.84 Å². The number of aliphatic carboxylic acids is 1. The van der Waals surface area contributed by atoms with Crippen molar-refractivity contribution in [1.29, 1.82) is 0 Å². The molecule has 0 bridgehead atoms. The highest BCUT2D eigenvalue weighted by molar-refractivity contribution is 5.95. The number of ether oxygens (including phenoxy) is 1. The summed E-state index contributed by atoms with van der Waals surface area (Å²) in [6.45, 7) is 2.44. The quantitative estimate of drug-likeness (QED) is 0.852. The molecule has 0 spiro atoms. The van der Waals surface area contributed by atoms with E-state index in [2.05, 4.69) is 0 Å². The summed E-state index contributed by atoms with van der Waals surface area (Å²) in [5, 5.41) is 9.02. The SMILES string of the molecule is CCOc1ccc(/C(=C\C(=O)O)c2cccc(F)c2)cc1. The van der Waals surface area contributed by atoms with Crippen LogP contribution in [0, 0.1) is 5.82 Å². The van der Waals surface area contributed by atoms with Gasteiger partial charge in [0, 0.05) is 6.08 Å². The standard InChI is InChI=1S/C17H15FO3/c1-2-21-15-8-6-12(7-9-15)16(11-17(19)20)13-4-3-5-14(18)10-13/h3-11H,2H2,1H3,(H,19,20)/b16-11+. The van der Waals surface area contributed by atoms with Crippen molar-refractivity contribution >= 4 is 11.5 Å². The summed E-state index contributed by atoms with van der Waals surface area (Å²) in [6.07, 6.45) is 1.07. The largest absolute Gasteiger partial charge is 0.494 e. The maximum absolute atomic E-state index is 13.4. The van der Waals surface area contributed by atoms with Crippen molar-refractivity contribution in [2.24, 2.45) is 0 Å². The van der Waals surface area contributed by atoms with E-state index >= 15 is 0 Å². The van der Waals surface area contributed by atoms with Gasteiger partial charge in [0.15, 0.2) is 0 Å². The molecular weight excluding hydrogens is 271 g/mol. The Morgan fingerprint density at radius 1 is 1.19 bits per heavy atom. The second kappa shape index (κ2) is 6.70. The van der Waals surface area contributed by atoms with Crippen molar-refractivity contribution in [3.63, 3.8) is 0 Å². The van der Waals surface area contributed by atoms with Gasteiger partial charge in [0.2, 0.25) is 0 Å². The zero-order valence-electron chi connectivity index (χ0n) is 11.5. The molecule has 21 heavy (non-hydrogen) atoms. The number of hydrogen-bond donors (Lipinski definition) is 1. The van der Waals surface area contributed by atoms with Crippen molar-refractivity contribution in [2.75, 3.05) is 6.61 Å². The molecule has 2 aromatic carbocycles. The summed E-state index contributed by atoms with van der Waals surface area (Å²) in [4.78, 5) is 11.0. The van der Waals surface area contributed by atoms with Crippen LogP contribution >= 0.6 is 0 Å². The molecule has 108 valence electrons. The van der Waals surface area contributed by atoms with E-state index in [0.717, 1.165) is 6.08 Å². The lowest BCUT2D eigenvalue weighted by Crippen LogP contribution is -1.96. The van der Waals surface area contributed by atoms with E-state index in [1.54, 1.807) is 36.4 Å². The number of carboxylic acids is 1. The summed E-state index contributed by atoms with van der Waals surface area (Å²) in [5.41, 5.74) is 1.65. The van der Waals surface area contributed by atoms with Gasteiger partial charge in [-0.05, 0) is 47.9 Å². The third kappa shape index (κ3) is 3.92. The van der Waals surface area contributed by atoms with Gasteiger partial charge < -0.3 is 9.84 Å². The van der Waals surface area contributed by atoms with E-state index in [9.17, 15) is 9.18 Å². The summed E-state index contributed by atoms with van der Waals surface area (Å²) in [6, 6.07) is 12.9. The molecule has 0 saturated carbocycles. The molecule has 0 atom stereocenters. The summed E-state index contributed by atoms with van der Waals surface area (Å²) in [5.74, 6) is -0.784. The number of carboxylic acid groups (broad SMARTS) is 1. The third-order valence-corrected chi connectivity index (χ3v) is 2.88. The van der Waals surface area contributed by atoms with Crippen molar-refractivity contribution in [3.05, 3.63) is 71.6 Å². The van der Waals surface area contributed by atoms with Gasteiger partial charge in [0.1, 0.15) is 11.6 Å². The first-order valence-electron chi connectivity index (χ1n) is 6.54. The predicted molar refractivity (Wildman–Crippen MR) is 78.7 cm³/mol. The van der Waals surface area contributed by atoms with E-state index in [-0.39, 0.29) is 0 Å². The van der Waals surface area contributed by atoms with Crippen molar-refractivity contribution in [1.82, 2.24) is 0 Å². The Bertz CT molecular complexity index is 660. The Kier molecular flexibility index (Phi) is 4.72. The lowest BCUT2D eigenvalue weighted by atomic mass is 9.97. The van der Waals surface area contributed by atoms with Crippen molar-refractivity contribution in [3.8, 4) is 5.75 Å². The van der Waals surface area contributed by atoms with E-state index in [0.29, 0.717) is 29.1 Å². The first kappa shape index (κ1) is 14.8. The van der Waals surface area contributed by atoms with Gasteiger partial charge >= 0.3 is 5.97 Å². The maximum atomic E-state index is 13.4. The molecule has 0 aromatic heterocycles. The second-order valence-electron chi connectivity index (χ2n) is 4.36. The Labute approximate surface area is 122 Å². The van der Waals surface area contributed by atoms with Crippen molar-refractivity contribution < 1.29 is 19.0 Å². The molecule has 2 aromatic rings. The van der Waals surface area contributed by atoms with Crippen LogP contribution in [0.4, 0.5) is 4.39 Å². The highest BCUT2D eigenvalue weighted by Crippen LogP contribution is 2.25. The minimum atomic E-state index is -1.08. The minimum Gasteiger partial charge on any atom is -0.494 e. The number of halogens is 1. The number of benzene rings is 2. The monoisotopic (exact) mass is 286 g/mol. The smallest absolute Gasteiger partial charge is 0.328 e. The fraction of sp³-hybridized carbons (Fsp3) is 0.118. The molecule has 0 amide bonds. The summed E-state index contributed by atoms with van der Waals surface area (Å²) in [7, 11) is 0. The normalized spacial score (nSPS) is 11.2. The summed E-state index contributed by atoms with van der Waals surface area (Å²) < 4.78 is 18.7. The first-order chi connectivity index (χ1) is 10.1. The molecular formula is C17H15FO3. The van der Waals surface area contributed by atoms with Crippen LogP contribution in [0.1, 0.15) is 18.1 Å². The molecule has 0 aliphatic rings. The Morgan fingerprint density at radius 2 is 1.90 bits per heavy atom. The van der Waals surface area contributed by atoms with Gasteiger partial charge in [0.25, 0.3) is 0 Å². The Balaban J connectivity index is 2.44. The van der Waals surface area contributed by atoms with Crippen LogP contribution in [0.3, 0.4) is 0 Å². The van der Waals surface area contributed by atoms with Gasteiger partial charge in [-0.3, -0.25) is 0 Å². The zero-order chi connectivity index (χ0) is 15.2. The highest BCUT2D eigenvalue weighted by atomic mass is 19.1. The number of carbonyl (C=O) groups is 1. The van der Waals surface area contributed by atoms with Gasteiger partial charge in [-0.2, -0.15) is 0 Å². The van der Waals surface area contributed by atoms with Crippen molar-refractivity contribution in [2.45, 2.75) is 6.92 Å². The average molecular weight is 286 g/mol. The van der Waals surface area contributed by atoms with Crippen LogP contribution in [-0.2, 0) is 4.79 Å². The molecule has 0 saturated heterocycles. The predicted octanol–water partition coefficient (Wildman–Crippen LogP) is 3.74. The van der Waals surface area contributed by atoms with Gasteiger partial charge in [-0.1, -0.05) is 24.3 Å². The van der Waals surface area contributed by atoms with Crippen LogP contribution in [0.15, 0.2) is 54.6 Å². The number of hydrogen-bond acceptors (Lipinski definition) is 2. The Hall–Kier alpha value is -2.62. The minimum absolute atomic E-state index is 0.408. The molecule has 0 fully saturated rings. The molecule has 3 nitrogen and oxygen atoms in total. The van der Waals surface area contributed by atoms with Gasteiger partial charge in [0.05, 0.1) is 6.61 Å². The van der Waals surface area contributed by atoms with Crippen LogP contribution in [-0.4, -0.2) is 17.7 Å². The van der Waals surface area contributed by atoms with Gasteiger partial charge in [-0.15, -0.1) is 0 Å². The third-order valence-electron chi connectivity index (χ3n) is 2.88. The number of rotatable bonds is 5. The van der Waals surface area contributed by atoms with E-state index < -0.39 is 11.8 Å². The zero-order valence-corrected chi connectivity index (χ0v) is 11.5. The fourth-order valence-electron chi connectivity index (χ4n) is 2.01. The first-order valence-corrected chi connectivity index (χ1v) is 6.54. The van der Waals surface area contributed by atoms with Crippen LogP contribution in [0.5, 0.6) is 5.75 Å². The molecule has 1 N–H and O–H groups in total. The van der Waals surface area contributed by atoms with Crippen LogP contribution in [0.25, 0.3) is 5.57 Å². The Morgan fingerprint density at radius 3 is 2.48 bits per heavy atom. The molecule has 0 radical (unpaired) electrons. The van der Waals surface area contributed by atoms with Crippen LogP contribution < -0.4 is 4.74 Å². The second-order valence-corrected chi connectivity index (χ2v) is 4.36. The van der Waals surface area contributed by atoms with Crippen LogP contribution in [0.2, 0.25) is 0 Å². The topological polar surface area (TPSA) is 46.5 Å². The highest BCUT2D eigenvalue weighted by Gasteiger charge is 2.08. The molecule has 0 aliphatic heterocycles. The maximum Gasteiger partial charge on any atom is 0.328 e. The molecule has 2 rings (SSSR count). The molecule has 0 heterocycles. The molecule has 4 heteroatoms. The fourth-order valence-corrected chi connectivity index (χ4v) is 2.01. The molecule has 0 unspecified atom stereocenters.